The molecule has 0 saturated heterocycles. The highest BCUT2D eigenvalue weighted by atomic mass is 127. The number of rotatable bonds is 12. The molecule has 1 nitrogen and oxygen atoms in total. The van der Waals surface area contributed by atoms with E-state index in [4.69, 9.17) is 0 Å². The van der Waals surface area contributed by atoms with Crippen molar-refractivity contribution < 1.29 is 4.57 Å². The van der Waals surface area contributed by atoms with Crippen LogP contribution < -0.4 is 0 Å². The van der Waals surface area contributed by atoms with Crippen LogP contribution in [0.4, 0.5) is 0 Å². The predicted octanol–water partition coefficient (Wildman–Crippen LogP) is 7.13. The van der Waals surface area contributed by atoms with E-state index in [1.54, 1.807) is 0 Å². The summed E-state index contributed by atoms with van der Waals surface area (Å²) in [6, 6.07) is 0. The Morgan fingerprint density at radius 2 is 1.11 bits per heavy atom. The molecule has 0 spiro atoms. The van der Waals surface area contributed by atoms with Crippen LogP contribution in [0.5, 0.6) is 0 Å². The molecule has 0 aromatic rings. The topological polar surface area (TPSA) is 17.1 Å². The maximum atomic E-state index is 12.4. The van der Waals surface area contributed by atoms with Crippen LogP contribution in [0.15, 0.2) is 0 Å². The fourth-order valence-corrected chi connectivity index (χ4v) is 5.93. The molecule has 0 aliphatic carbocycles. The Bertz CT molecular complexity index is 229. The van der Waals surface area contributed by atoms with Gasteiger partial charge in [0.15, 0.2) is 0 Å². The summed E-state index contributed by atoms with van der Waals surface area (Å²) in [7, 11) is 0. The van der Waals surface area contributed by atoms with Gasteiger partial charge in [0, 0.05) is 12.3 Å². The van der Waals surface area contributed by atoms with Crippen LogP contribution in [0.2, 0.25) is 0 Å². The van der Waals surface area contributed by atoms with Gasteiger partial charge in [-0.15, -0.1) is 0 Å². The second-order valence-electron chi connectivity index (χ2n) is 6.72. The number of hydrogen-bond donors (Lipinski definition) is 0. The first-order chi connectivity index (χ1) is 8.83. The third-order valence-corrected chi connectivity index (χ3v) is 8.41. The lowest BCUT2D eigenvalue weighted by molar-refractivity contribution is 0.528. The minimum Gasteiger partial charge on any atom is -0.313 e. The van der Waals surface area contributed by atoms with Gasteiger partial charge in [0.2, 0.25) is 0 Å². The van der Waals surface area contributed by atoms with Gasteiger partial charge < -0.3 is 4.57 Å². The maximum Gasteiger partial charge on any atom is 0.143 e. The van der Waals surface area contributed by atoms with E-state index in [0.717, 1.165) is 24.2 Å². The molecule has 116 valence electrons. The SMILES string of the molecule is CC(C)CCCCCP(=O)(I)CCCCCC(C)C. The van der Waals surface area contributed by atoms with E-state index in [9.17, 15) is 4.57 Å². The Labute approximate surface area is 134 Å². The molecule has 0 N–H and O–H groups in total. The normalized spacial score (nSPS) is 12.6. The van der Waals surface area contributed by atoms with Gasteiger partial charge in [-0.2, -0.15) is 0 Å². The first-order valence-electron chi connectivity index (χ1n) is 8.11. The lowest BCUT2D eigenvalue weighted by atomic mass is 10.1. The molecule has 3 heteroatoms. The molecule has 0 fully saturated rings. The lowest BCUT2D eigenvalue weighted by Crippen LogP contribution is -1.93. The Kier molecular flexibility index (Phi) is 12.2. The van der Waals surface area contributed by atoms with Crippen LogP contribution in [0.1, 0.15) is 79.1 Å². The second kappa shape index (κ2) is 11.6. The molecule has 0 atom stereocenters. The first-order valence-corrected chi connectivity index (χ1v) is 13.0. The molecule has 0 bridgehead atoms. The standard InChI is InChI=1S/C16H34IOP/c1-15(2)11-7-5-9-13-19(17,18)14-10-6-8-12-16(3)4/h15-16H,5-14H2,1-4H3. The van der Waals surface area contributed by atoms with Gasteiger partial charge in [-0.05, 0) is 46.7 Å². The van der Waals surface area contributed by atoms with Gasteiger partial charge in [-0.1, -0.05) is 66.2 Å². The van der Waals surface area contributed by atoms with Crippen molar-refractivity contribution >= 4 is 26.8 Å². The molecule has 0 aliphatic rings. The van der Waals surface area contributed by atoms with Gasteiger partial charge in [-0.25, -0.2) is 0 Å². The van der Waals surface area contributed by atoms with Crippen LogP contribution in [0.25, 0.3) is 0 Å². The molecule has 0 amide bonds. The zero-order chi connectivity index (χ0) is 14.7. The number of halogens is 1. The zero-order valence-corrected chi connectivity index (χ0v) is 16.5. The fraction of sp³-hybridized carbons (Fsp3) is 1.00. The van der Waals surface area contributed by atoms with Crippen LogP contribution in [-0.4, -0.2) is 12.3 Å². The quantitative estimate of drug-likeness (QED) is 0.193. The Hall–Kier alpha value is 0.960. The zero-order valence-electron chi connectivity index (χ0n) is 13.5. The monoisotopic (exact) mass is 400 g/mol. The van der Waals surface area contributed by atoms with E-state index in [1.165, 1.54) is 51.4 Å². The third-order valence-electron chi connectivity index (χ3n) is 3.55. The average Bonchev–Trinajstić information content (AvgIpc) is 2.27. The number of hydrogen-bond acceptors (Lipinski definition) is 1. The smallest absolute Gasteiger partial charge is 0.143 e. The van der Waals surface area contributed by atoms with Gasteiger partial charge >= 0.3 is 0 Å². The molecule has 0 aliphatic heterocycles. The van der Waals surface area contributed by atoms with Crippen LogP contribution in [0.3, 0.4) is 0 Å². The van der Waals surface area contributed by atoms with Gasteiger partial charge in [0.25, 0.3) is 0 Å². The van der Waals surface area contributed by atoms with Gasteiger partial charge in [0.05, 0.1) is 0 Å². The minimum absolute atomic E-state index is 0.812. The van der Waals surface area contributed by atoms with E-state index in [0.29, 0.717) is 0 Å². The van der Waals surface area contributed by atoms with Crippen LogP contribution in [0, 0.1) is 11.8 Å². The Morgan fingerprint density at radius 1 is 0.737 bits per heavy atom. The van der Waals surface area contributed by atoms with E-state index in [1.807, 2.05) is 0 Å². The summed E-state index contributed by atoms with van der Waals surface area (Å²) < 4.78 is 12.4. The molecule has 19 heavy (non-hydrogen) atoms. The highest BCUT2D eigenvalue weighted by Crippen LogP contribution is 2.55. The van der Waals surface area contributed by atoms with Gasteiger partial charge in [0.1, 0.15) is 4.78 Å². The van der Waals surface area contributed by atoms with Crippen molar-refractivity contribution in [2.75, 3.05) is 12.3 Å². The first kappa shape index (κ1) is 20.0. The molecule has 0 radical (unpaired) electrons. The fourth-order valence-electron chi connectivity index (χ4n) is 2.27. The molecule has 0 rings (SSSR count). The molecule has 0 aromatic carbocycles. The van der Waals surface area contributed by atoms with E-state index in [-0.39, 0.29) is 0 Å². The largest absolute Gasteiger partial charge is 0.313 e. The van der Waals surface area contributed by atoms with E-state index < -0.39 is 4.78 Å². The summed E-state index contributed by atoms with van der Waals surface area (Å²) in [6.45, 7) is 9.11. The summed E-state index contributed by atoms with van der Waals surface area (Å²) in [5, 5.41) is 0. The summed E-state index contributed by atoms with van der Waals surface area (Å²) in [6.07, 6.45) is 12.0. The minimum atomic E-state index is -1.85. The molecule has 0 unspecified atom stereocenters. The summed E-state index contributed by atoms with van der Waals surface area (Å²) in [5.41, 5.74) is 0. The average molecular weight is 400 g/mol. The lowest BCUT2D eigenvalue weighted by Gasteiger charge is -2.11. The highest BCUT2D eigenvalue weighted by Gasteiger charge is 2.16. The van der Waals surface area contributed by atoms with Crippen molar-refractivity contribution in [2.45, 2.75) is 79.1 Å². The molecule has 0 heterocycles. The second-order valence-corrected chi connectivity index (χ2v) is 14.5. The van der Waals surface area contributed by atoms with E-state index >= 15 is 0 Å². The maximum absolute atomic E-state index is 12.4. The Balaban J connectivity index is 3.50. The number of unbranched alkanes of at least 4 members (excludes halogenated alkanes) is 4. The molecular weight excluding hydrogens is 366 g/mol. The van der Waals surface area contributed by atoms with E-state index in [2.05, 4.69) is 49.7 Å². The summed E-state index contributed by atoms with van der Waals surface area (Å²) in [4.78, 5) is -1.85. The van der Waals surface area contributed by atoms with Gasteiger partial charge in [-0.3, -0.25) is 0 Å². The van der Waals surface area contributed by atoms with Crippen molar-refractivity contribution in [3.63, 3.8) is 0 Å². The summed E-state index contributed by atoms with van der Waals surface area (Å²) in [5.74, 6) is 1.62. The third kappa shape index (κ3) is 15.2. The van der Waals surface area contributed by atoms with Crippen LogP contribution >= 0.6 is 26.8 Å². The molecule has 0 saturated carbocycles. The van der Waals surface area contributed by atoms with Crippen molar-refractivity contribution in [3.8, 4) is 0 Å². The molecular formula is C16H34IOP. The van der Waals surface area contributed by atoms with Crippen molar-refractivity contribution in [2.24, 2.45) is 11.8 Å². The predicted molar refractivity (Wildman–Crippen MR) is 98.0 cm³/mol. The van der Waals surface area contributed by atoms with Crippen molar-refractivity contribution in [3.05, 3.63) is 0 Å². The molecule has 0 aromatic heterocycles. The summed E-state index contributed by atoms with van der Waals surface area (Å²) >= 11 is 2.26. The Morgan fingerprint density at radius 3 is 1.42 bits per heavy atom. The van der Waals surface area contributed by atoms with Crippen molar-refractivity contribution in [1.82, 2.24) is 0 Å². The van der Waals surface area contributed by atoms with Crippen LogP contribution in [-0.2, 0) is 4.57 Å². The highest BCUT2D eigenvalue weighted by molar-refractivity contribution is 14.2. The van der Waals surface area contributed by atoms with Crippen molar-refractivity contribution in [1.29, 1.82) is 0 Å².